The number of H-pyrrole nitrogens is 1. The van der Waals surface area contributed by atoms with Gasteiger partial charge in [0.2, 0.25) is 0 Å². The van der Waals surface area contributed by atoms with Gasteiger partial charge in [-0.1, -0.05) is 0 Å². The fourth-order valence-corrected chi connectivity index (χ4v) is 2.62. The first kappa shape index (κ1) is 11.7. The first-order valence-electron chi connectivity index (χ1n) is 6.09. The van der Waals surface area contributed by atoms with Crippen molar-refractivity contribution >= 4 is 11.6 Å². The maximum absolute atomic E-state index is 5.79. The van der Waals surface area contributed by atoms with Crippen LogP contribution < -0.4 is 0 Å². The lowest BCUT2D eigenvalue weighted by Crippen LogP contribution is -2.23. The number of likely N-dealkylation sites (tertiary alicyclic amines) is 1. The molecular weight excluding hydrogens is 252 g/mol. The van der Waals surface area contributed by atoms with Crippen LogP contribution in [0.1, 0.15) is 36.3 Å². The van der Waals surface area contributed by atoms with E-state index < -0.39 is 0 Å². The van der Waals surface area contributed by atoms with Crippen molar-refractivity contribution in [2.75, 3.05) is 6.54 Å². The Morgan fingerprint density at radius 2 is 2.44 bits per heavy atom. The molecule has 2 aromatic rings. The number of aromatic amines is 1. The molecule has 1 saturated heterocycles. The van der Waals surface area contributed by atoms with E-state index in [0.717, 1.165) is 43.3 Å². The number of aromatic nitrogens is 3. The maximum atomic E-state index is 5.79. The SMILES string of the molecule is Cc1nc([C@H]2CCCN2Cc2ccc(Cl)o2)n[nH]1. The highest BCUT2D eigenvalue weighted by atomic mass is 35.5. The third-order valence-electron chi connectivity index (χ3n) is 3.26. The Labute approximate surface area is 110 Å². The number of aryl methyl sites for hydroxylation is 1. The summed E-state index contributed by atoms with van der Waals surface area (Å²) in [6.45, 7) is 3.71. The predicted molar refractivity (Wildman–Crippen MR) is 67.2 cm³/mol. The quantitative estimate of drug-likeness (QED) is 0.928. The van der Waals surface area contributed by atoms with Crippen molar-refractivity contribution < 1.29 is 4.42 Å². The Kier molecular flexibility index (Phi) is 3.09. The summed E-state index contributed by atoms with van der Waals surface area (Å²) in [5, 5.41) is 7.60. The minimum absolute atomic E-state index is 0.277. The second-order valence-electron chi connectivity index (χ2n) is 4.61. The number of nitrogens with zero attached hydrogens (tertiary/aromatic N) is 3. The van der Waals surface area contributed by atoms with Gasteiger partial charge in [0.25, 0.3) is 0 Å². The van der Waals surface area contributed by atoms with Crippen LogP contribution in [0.3, 0.4) is 0 Å². The van der Waals surface area contributed by atoms with Crippen molar-refractivity contribution in [2.24, 2.45) is 0 Å². The van der Waals surface area contributed by atoms with Crippen LogP contribution >= 0.6 is 11.6 Å². The number of furan rings is 1. The zero-order chi connectivity index (χ0) is 12.5. The van der Waals surface area contributed by atoms with E-state index >= 15 is 0 Å². The van der Waals surface area contributed by atoms with Gasteiger partial charge in [-0.25, -0.2) is 4.98 Å². The van der Waals surface area contributed by atoms with E-state index in [4.69, 9.17) is 16.0 Å². The summed E-state index contributed by atoms with van der Waals surface area (Å²) < 4.78 is 5.41. The van der Waals surface area contributed by atoms with E-state index in [-0.39, 0.29) is 6.04 Å². The monoisotopic (exact) mass is 266 g/mol. The van der Waals surface area contributed by atoms with Crippen molar-refractivity contribution in [3.05, 3.63) is 34.8 Å². The molecule has 96 valence electrons. The van der Waals surface area contributed by atoms with Gasteiger partial charge in [-0.15, -0.1) is 0 Å². The molecular formula is C12H15ClN4O. The normalized spacial score (nSPS) is 20.7. The molecule has 1 N–H and O–H groups in total. The van der Waals surface area contributed by atoms with Gasteiger partial charge in [0.1, 0.15) is 11.6 Å². The Bertz CT molecular complexity index is 536. The second-order valence-corrected chi connectivity index (χ2v) is 4.99. The van der Waals surface area contributed by atoms with Gasteiger partial charge in [-0.05, 0) is 50.0 Å². The topological polar surface area (TPSA) is 58.0 Å². The highest BCUT2D eigenvalue weighted by Gasteiger charge is 2.29. The summed E-state index contributed by atoms with van der Waals surface area (Å²) in [6, 6.07) is 3.97. The minimum Gasteiger partial charge on any atom is -0.448 e. The lowest BCUT2D eigenvalue weighted by Gasteiger charge is -2.20. The molecule has 0 unspecified atom stereocenters. The summed E-state index contributed by atoms with van der Waals surface area (Å²) in [5.74, 6) is 2.62. The van der Waals surface area contributed by atoms with E-state index in [2.05, 4.69) is 20.1 Å². The van der Waals surface area contributed by atoms with Crippen molar-refractivity contribution in [3.63, 3.8) is 0 Å². The number of halogens is 1. The molecule has 1 aliphatic rings. The van der Waals surface area contributed by atoms with Crippen LogP contribution in [0.4, 0.5) is 0 Å². The zero-order valence-corrected chi connectivity index (χ0v) is 10.9. The summed E-state index contributed by atoms with van der Waals surface area (Å²) in [4.78, 5) is 6.76. The predicted octanol–water partition coefficient (Wildman–Crippen LogP) is 2.70. The van der Waals surface area contributed by atoms with Crippen LogP contribution in [-0.4, -0.2) is 26.6 Å². The second kappa shape index (κ2) is 4.74. The molecule has 0 bridgehead atoms. The molecule has 0 spiro atoms. The molecule has 18 heavy (non-hydrogen) atoms. The van der Waals surface area contributed by atoms with E-state index in [1.165, 1.54) is 0 Å². The standard InChI is InChI=1S/C12H15ClN4O/c1-8-14-12(16-15-8)10-3-2-6-17(10)7-9-4-5-11(13)18-9/h4-5,10H,2-3,6-7H2,1H3,(H,14,15,16)/t10-/m1/s1. The first-order valence-corrected chi connectivity index (χ1v) is 6.47. The number of nitrogens with one attached hydrogen (secondary N) is 1. The van der Waals surface area contributed by atoms with Gasteiger partial charge < -0.3 is 4.42 Å². The fraction of sp³-hybridized carbons (Fsp3) is 0.500. The van der Waals surface area contributed by atoms with Crippen LogP contribution in [-0.2, 0) is 6.54 Å². The van der Waals surface area contributed by atoms with E-state index in [1.54, 1.807) is 6.07 Å². The lowest BCUT2D eigenvalue weighted by molar-refractivity contribution is 0.221. The van der Waals surface area contributed by atoms with Crippen LogP contribution in [0.15, 0.2) is 16.5 Å². The third-order valence-corrected chi connectivity index (χ3v) is 3.47. The van der Waals surface area contributed by atoms with Gasteiger partial charge in [0, 0.05) is 0 Å². The first-order chi connectivity index (χ1) is 8.72. The Balaban J connectivity index is 1.75. The highest BCUT2D eigenvalue weighted by molar-refractivity contribution is 6.28. The molecule has 0 aromatic carbocycles. The van der Waals surface area contributed by atoms with E-state index in [9.17, 15) is 0 Å². The van der Waals surface area contributed by atoms with E-state index in [1.807, 2.05) is 13.0 Å². The van der Waals surface area contributed by atoms with Crippen LogP contribution in [0.5, 0.6) is 0 Å². The Morgan fingerprint density at radius 3 is 3.11 bits per heavy atom. The van der Waals surface area contributed by atoms with Crippen molar-refractivity contribution in [2.45, 2.75) is 32.4 Å². The maximum Gasteiger partial charge on any atom is 0.193 e. The number of rotatable bonds is 3. The molecule has 1 aliphatic heterocycles. The fourth-order valence-electron chi connectivity index (χ4n) is 2.45. The van der Waals surface area contributed by atoms with Crippen LogP contribution in [0.25, 0.3) is 0 Å². The molecule has 2 aromatic heterocycles. The lowest BCUT2D eigenvalue weighted by atomic mass is 10.2. The Morgan fingerprint density at radius 1 is 1.56 bits per heavy atom. The molecule has 0 aliphatic carbocycles. The number of hydrogen-bond donors (Lipinski definition) is 1. The molecule has 6 heteroatoms. The van der Waals surface area contributed by atoms with Gasteiger partial charge in [-0.2, -0.15) is 5.10 Å². The third kappa shape index (κ3) is 2.28. The van der Waals surface area contributed by atoms with Crippen molar-refractivity contribution in [1.29, 1.82) is 0 Å². The molecule has 3 rings (SSSR count). The Hall–Kier alpha value is -1.33. The summed E-state index contributed by atoms with van der Waals surface area (Å²) in [7, 11) is 0. The summed E-state index contributed by atoms with van der Waals surface area (Å²) in [5.41, 5.74) is 0. The van der Waals surface area contributed by atoms with Gasteiger partial charge >= 0.3 is 0 Å². The largest absolute Gasteiger partial charge is 0.448 e. The molecule has 1 fully saturated rings. The average molecular weight is 267 g/mol. The highest BCUT2D eigenvalue weighted by Crippen LogP contribution is 2.31. The summed E-state index contributed by atoms with van der Waals surface area (Å²) in [6.07, 6.45) is 2.25. The van der Waals surface area contributed by atoms with Gasteiger partial charge in [0.15, 0.2) is 11.0 Å². The van der Waals surface area contributed by atoms with Crippen LogP contribution in [0, 0.1) is 6.92 Å². The zero-order valence-electron chi connectivity index (χ0n) is 10.2. The van der Waals surface area contributed by atoms with Gasteiger partial charge in [-0.3, -0.25) is 10.00 Å². The van der Waals surface area contributed by atoms with Gasteiger partial charge in [0.05, 0.1) is 12.6 Å². The minimum atomic E-state index is 0.277. The van der Waals surface area contributed by atoms with E-state index in [0.29, 0.717) is 5.22 Å². The smallest absolute Gasteiger partial charge is 0.193 e. The molecule has 5 nitrogen and oxygen atoms in total. The van der Waals surface area contributed by atoms with Crippen LogP contribution in [0.2, 0.25) is 5.22 Å². The molecule has 0 saturated carbocycles. The van der Waals surface area contributed by atoms with Crippen molar-refractivity contribution in [3.8, 4) is 0 Å². The molecule has 0 radical (unpaired) electrons. The molecule has 1 atom stereocenters. The summed E-state index contributed by atoms with van der Waals surface area (Å²) >= 11 is 5.79. The average Bonchev–Trinajstić information content (AvgIpc) is 3.01. The molecule has 3 heterocycles. The number of hydrogen-bond acceptors (Lipinski definition) is 4. The van der Waals surface area contributed by atoms with Crippen molar-refractivity contribution in [1.82, 2.24) is 20.1 Å². The molecule has 0 amide bonds.